The molecule has 1 aliphatic heterocycles. The van der Waals surface area contributed by atoms with E-state index in [1.165, 1.54) is 0 Å². The van der Waals surface area contributed by atoms with Crippen LogP contribution in [0.3, 0.4) is 0 Å². The smallest absolute Gasteiger partial charge is 0.142 e. The average molecular weight is 208 g/mol. The Hall–Kier alpha value is -1.26. The molecule has 1 fully saturated rings. The van der Waals surface area contributed by atoms with E-state index >= 15 is 0 Å². The van der Waals surface area contributed by atoms with Gasteiger partial charge in [-0.3, -0.25) is 0 Å². The van der Waals surface area contributed by atoms with Gasteiger partial charge < -0.3 is 20.1 Å². The lowest BCUT2D eigenvalue weighted by molar-refractivity contribution is 0.0881. The molecule has 0 aromatic heterocycles. The number of phenols is 1. The molecule has 0 spiro atoms. The van der Waals surface area contributed by atoms with Crippen LogP contribution in [0.1, 0.15) is 0 Å². The predicted octanol–water partition coefficient (Wildman–Crippen LogP) is 0.774. The van der Waals surface area contributed by atoms with Crippen molar-refractivity contribution in [3.63, 3.8) is 0 Å². The highest BCUT2D eigenvalue weighted by Crippen LogP contribution is 2.22. The average Bonchev–Trinajstić information content (AvgIpc) is 2.29. The number of benzene rings is 1. The number of anilines is 1. The Morgan fingerprint density at radius 1 is 1.53 bits per heavy atom. The van der Waals surface area contributed by atoms with Crippen molar-refractivity contribution >= 4 is 5.69 Å². The van der Waals surface area contributed by atoms with Gasteiger partial charge >= 0.3 is 0 Å². The molecule has 2 N–H and O–H groups in total. The Morgan fingerprint density at radius 3 is 3.13 bits per heavy atom. The zero-order chi connectivity index (χ0) is 10.7. The maximum atomic E-state index is 9.42. The minimum Gasteiger partial charge on any atom is -0.508 e. The van der Waals surface area contributed by atoms with E-state index in [1.54, 1.807) is 19.2 Å². The van der Waals surface area contributed by atoms with Gasteiger partial charge in [-0.1, -0.05) is 6.07 Å². The molecule has 0 amide bonds. The van der Waals surface area contributed by atoms with E-state index in [0.29, 0.717) is 5.75 Å². The van der Waals surface area contributed by atoms with Gasteiger partial charge in [0.15, 0.2) is 0 Å². The fraction of sp³-hybridized carbons (Fsp3) is 0.455. The number of hydrogen-bond acceptors (Lipinski definition) is 4. The van der Waals surface area contributed by atoms with Crippen LogP contribution in [0.2, 0.25) is 0 Å². The lowest BCUT2D eigenvalue weighted by Gasteiger charge is -2.36. The Kier molecular flexibility index (Phi) is 3.08. The Bertz CT molecular complexity index is 330. The van der Waals surface area contributed by atoms with Crippen molar-refractivity contribution in [2.24, 2.45) is 0 Å². The van der Waals surface area contributed by atoms with Crippen molar-refractivity contribution in [3.05, 3.63) is 24.3 Å². The zero-order valence-corrected chi connectivity index (χ0v) is 8.81. The number of phenolic OH excluding ortho intramolecular Hbond substituents is 1. The van der Waals surface area contributed by atoms with Gasteiger partial charge in [0.1, 0.15) is 12.0 Å². The molecule has 1 unspecified atom stereocenters. The summed E-state index contributed by atoms with van der Waals surface area (Å²) < 4.78 is 5.38. The van der Waals surface area contributed by atoms with E-state index < -0.39 is 0 Å². The van der Waals surface area contributed by atoms with Gasteiger partial charge in [0.25, 0.3) is 0 Å². The number of methoxy groups -OCH3 is 1. The molecule has 1 heterocycles. The number of piperazine rings is 1. The fourth-order valence-corrected chi connectivity index (χ4v) is 1.86. The van der Waals surface area contributed by atoms with E-state index in [4.69, 9.17) is 4.74 Å². The first-order valence-corrected chi connectivity index (χ1v) is 5.10. The van der Waals surface area contributed by atoms with Crippen LogP contribution in [0, 0.1) is 0 Å². The molecule has 82 valence electrons. The van der Waals surface area contributed by atoms with Crippen LogP contribution in [-0.4, -0.2) is 38.1 Å². The Morgan fingerprint density at radius 2 is 2.40 bits per heavy atom. The fourth-order valence-electron chi connectivity index (χ4n) is 1.86. The van der Waals surface area contributed by atoms with Gasteiger partial charge in [0, 0.05) is 38.5 Å². The molecule has 0 saturated carbocycles. The molecule has 0 aliphatic carbocycles. The van der Waals surface area contributed by atoms with Crippen LogP contribution in [0.25, 0.3) is 0 Å². The molecule has 1 aromatic rings. The van der Waals surface area contributed by atoms with Crippen molar-refractivity contribution in [2.75, 3.05) is 31.6 Å². The summed E-state index contributed by atoms with van der Waals surface area (Å²) in [5.41, 5.74) is 1.00. The second kappa shape index (κ2) is 4.51. The van der Waals surface area contributed by atoms with Crippen molar-refractivity contribution in [2.45, 2.75) is 6.23 Å². The van der Waals surface area contributed by atoms with Gasteiger partial charge in [0.2, 0.25) is 0 Å². The van der Waals surface area contributed by atoms with Crippen molar-refractivity contribution in [1.29, 1.82) is 0 Å². The molecule has 1 atom stereocenters. The van der Waals surface area contributed by atoms with Crippen molar-refractivity contribution in [3.8, 4) is 5.75 Å². The van der Waals surface area contributed by atoms with Gasteiger partial charge in [0.05, 0.1) is 0 Å². The minimum atomic E-state index is 0.0422. The van der Waals surface area contributed by atoms with Crippen LogP contribution in [0.5, 0.6) is 5.75 Å². The summed E-state index contributed by atoms with van der Waals surface area (Å²) in [5.74, 6) is 0.292. The minimum absolute atomic E-state index is 0.0422. The standard InChI is InChI=1S/C11H16N2O2/c1-15-11-8-12-5-6-13(11)9-3-2-4-10(14)7-9/h2-4,7,11-12,14H,5-6,8H2,1H3. The Balaban J connectivity index is 2.20. The molecule has 1 aliphatic rings. The zero-order valence-electron chi connectivity index (χ0n) is 8.81. The first-order valence-electron chi connectivity index (χ1n) is 5.10. The van der Waals surface area contributed by atoms with Gasteiger partial charge in [-0.25, -0.2) is 0 Å². The molecule has 2 rings (SSSR count). The Labute approximate surface area is 89.5 Å². The maximum Gasteiger partial charge on any atom is 0.142 e. The third-order valence-corrected chi connectivity index (χ3v) is 2.63. The topological polar surface area (TPSA) is 44.7 Å². The number of rotatable bonds is 2. The second-order valence-corrected chi connectivity index (χ2v) is 3.61. The number of hydrogen-bond donors (Lipinski definition) is 2. The van der Waals surface area contributed by atoms with E-state index in [0.717, 1.165) is 25.3 Å². The van der Waals surface area contributed by atoms with E-state index in [9.17, 15) is 5.11 Å². The van der Waals surface area contributed by atoms with Crippen LogP contribution >= 0.6 is 0 Å². The molecule has 4 nitrogen and oxygen atoms in total. The van der Waals surface area contributed by atoms with E-state index in [2.05, 4.69) is 10.2 Å². The molecule has 1 aromatic carbocycles. The molecule has 0 bridgehead atoms. The summed E-state index contributed by atoms with van der Waals surface area (Å²) in [6.45, 7) is 2.64. The summed E-state index contributed by atoms with van der Waals surface area (Å²) in [4.78, 5) is 2.15. The van der Waals surface area contributed by atoms with Gasteiger partial charge in [-0.15, -0.1) is 0 Å². The largest absolute Gasteiger partial charge is 0.508 e. The summed E-state index contributed by atoms with van der Waals surface area (Å²) >= 11 is 0. The molecular weight excluding hydrogens is 192 g/mol. The number of ether oxygens (including phenoxy) is 1. The first-order chi connectivity index (χ1) is 7.31. The van der Waals surface area contributed by atoms with Crippen LogP contribution in [0.15, 0.2) is 24.3 Å². The van der Waals surface area contributed by atoms with Crippen LogP contribution in [-0.2, 0) is 4.74 Å². The first kappa shape index (κ1) is 10.3. The second-order valence-electron chi connectivity index (χ2n) is 3.61. The maximum absolute atomic E-state index is 9.42. The molecular formula is C11H16N2O2. The third kappa shape index (κ3) is 2.22. The SMILES string of the molecule is COC1CNCCN1c1cccc(O)c1. The van der Waals surface area contributed by atoms with Crippen LogP contribution in [0.4, 0.5) is 5.69 Å². The van der Waals surface area contributed by atoms with Crippen LogP contribution < -0.4 is 10.2 Å². The molecule has 4 heteroatoms. The normalized spacial score (nSPS) is 21.7. The van der Waals surface area contributed by atoms with Crippen molar-refractivity contribution in [1.82, 2.24) is 5.32 Å². The predicted molar refractivity (Wildman–Crippen MR) is 59.1 cm³/mol. The molecule has 0 radical (unpaired) electrons. The van der Waals surface area contributed by atoms with E-state index in [-0.39, 0.29) is 6.23 Å². The summed E-state index contributed by atoms with van der Waals surface area (Å²) in [6, 6.07) is 7.27. The number of nitrogens with one attached hydrogen (secondary N) is 1. The summed E-state index contributed by atoms with van der Waals surface area (Å²) in [7, 11) is 1.70. The number of aromatic hydroxyl groups is 1. The highest BCUT2D eigenvalue weighted by Gasteiger charge is 2.21. The lowest BCUT2D eigenvalue weighted by atomic mass is 10.2. The summed E-state index contributed by atoms with van der Waals surface area (Å²) in [6.07, 6.45) is 0.0422. The number of nitrogens with zero attached hydrogens (tertiary/aromatic N) is 1. The van der Waals surface area contributed by atoms with Crippen molar-refractivity contribution < 1.29 is 9.84 Å². The monoisotopic (exact) mass is 208 g/mol. The molecule has 15 heavy (non-hydrogen) atoms. The summed E-state index contributed by atoms with van der Waals surface area (Å²) in [5, 5.41) is 12.7. The highest BCUT2D eigenvalue weighted by molar-refractivity contribution is 5.51. The highest BCUT2D eigenvalue weighted by atomic mass is 16.5. The molecule has 1 saturated heterocycles. The quantitative estimate of drug-likeness (QED) is 0.753. The lowest BCUT2D eigenvalue weighted by Crippen LogP contribution is -2.52. The van der Waals surface area contributed by atoms with E-state index in [1.807, 2.05) is 12.1 Å². The van der Waals surface area contributed by atoms with Gasteiger partial charge in [-0.05, 0) is 12.1 Å². The third-order valence-electron chi connectivity index (χ3n) is 2.63. The van der Waals surface area contributed by atoms with Gasteiger partial charge in [-0.2, -0.15) is 0 Å².